The van der Waals surface area contributed by atoms with Gasteiger partial charge < -0.3 is 13.8 Å². The first-order chi connectivity index (χ1) is 11.9. The second kappa shape index (κ2) is 8.72. The Morgan fingerprint density at radius 3 is 2.60 bits per heavy atom. The summed E-state index contributed by atoms with van der Waals surface area (Å²) in [5.74, 6) is -1.06. The fourth-order valence-electron chi connectivity index (χ4n) is 2.28. The average Bonchev–Trinajstić information content (AvgIpc) is 3.01. The van der Waals surface area contributed by atoms with Crippen LogP contribution in [0.2, 0.25) is 0 Å². The predicted molar refractivity (Wildman–Crippen MR) is 96.8 cm³/mol. The first-order valence-electron chi connectivity index (χ1n) is 7.81. The van der Waals surface area contributed by atoms with Crippen LogP contribution in [0.3, 0.4) is 0 Å². The Hall–Kier alpha value is -1.53. The molecule has 8 heteroatoms. The molecule has 2 aromatic rings. The minimum Gasteiger partial charge on any atom is -0.457 e. The van der Waals surface area contributed by atoms with Gasteiger partial charge >= 0.3 is 13.6 Å². The molecule has 0 bridgehead atoms. The molecule has 0 atom stereocenters. The monoisotopic (exact) mass is 386 g/mol. The highest BCUT2D eigenvalue weighted by molar-refractivity contribution is 7.53. The van der Waals surface area contributed by atoms with E-state index >= 15 is 0 Å². The second-order valence-corrected chi connectivity index (χ2v) is 8.19. The Bertz CT molecular complexity index is 807. The summed E-state index contributed by atoms with van der Waals surface area (Å²) in [5, 5.41) is 0.285. The van der Waals surface area contributed by atoms with E-state index in [-0.39, 0.29) is 36.9 Å². The van der Waals surface area contributed by atoms with E-state index in [1.165, 1.54) is 18.2 Å². The van der Waals surface area contributed by atoms with Crippen LogP contribution in [0.15, 0.2) is 30.9 Å². The number of fused-ring (bicyclic) bond motifs is 1. The van der Waals surface area contributed by atoms with Gasteiger partial charge in [0.2, 0.25) is 0 Å². The highest BCUT2D eigenvalue weighted by Gasteiger charge is 2.27. The molecule has 0 aliphatic rings. The Morgan fingerprint density at radius 1 is 1.32 bits per heavy atom. The van der Waals surface area contributed by atoms with Crippen LogP contribution in [-0.2, 0) is 24.5 Å². The summed E-state index contributed by atoms with van der Waals surface area (Å²) in [6, 6.07) is 4.67. The maximum Gasteiger partial charge on any atom is 0.348 e. The van der Waals surface area contributed by atoms with E-state index in [1.807, 2.05) is 0 Å². The highest BCUT2D eigenvalue weighted by atomic mass is 32.1. The van der Waals surface area contributed by atoms with E-state index in [2.05, 4.69) is 6.58 Å². The van der Waals surface area contributed by atoms with Gasteiger partial charge in [-0.25, -0.2) is 9.18 Å². The van der Waals surface area contributed by atoms with E-state index in [1.54, 1.807) is 19.9 Å². The van der Waals surface area contributed by atoms with Crippen LogP contribution in [0, 0.1) is 5.82 Å². The van der Waals surface area contributed by atoms with Gasteiger partial charge in [-0.2, -0.15) is 0 Å². The summed E-state index contributed by atoms with van der Waals surface area (Å²) in [7, 11) is -3.41. The number of rotatable bonds is 9. The molecule has 0 saturated heterocycles. The molecule has 5 nitrogen and oxygen atoms in total. The zero-order valence-corrected chi connectivity index (χ0v) is 15.8. The molecule has 0 fully saturated rings. The Labute approximate surface area is 149 Å². The van der Waals surface area contributed by atoms with Crippen LogP contribution in [-0.4, -0.2) is 25.8 Å². The molecule has 25 heavy (non-hydrogen) atoms. The fourth-order valence-corrected chi connectivity index (χ4v) is 4.94. The van der Waals surface area contributed by atoms with Crippen LogP contribution >= 0.6 is 18.9 Å². The third-order valence-corrected chi connectivity index (χ3v) is 6.38. The largest absolute Gasteiger partial charge is 0.457 e. The molecule has 0 radical (unpaired) electrons. The lowest BCUT2D eigenvalue weighted by molar-refractivity contribution is 0.0555. The molecule has 0 aliphatic heterocycles. The normalized spacial score (nSPS) is 11.6. The lowest BCUT2D eigenvalue weighted by Gasteiger charge is -2.17. The number of hydrogen-bond acceptors (Lipinski definition) is 6. The number of ether oxygens (including phenoxy) is 1. The first kappa shape index (κ1) is 19.8. The van der Waals surface area contributed by atoms with Gasteiger partial charge in [0.1, 0.15) is 17.3 Å². The zero-order valence-electron chi connectivity index (χ0n) is 14.1. The van der Waals surface area contributed by atoms with Gasteiger partial charge in [-0.15, -0.1) is 11.3 Å². The molecule has 0 amide bonds. The SMILES string of the molecule is C=CCOC(=O)c1cc2c(F)c(CP(=O)(OCC)OCC)ccc2s1. The minimum absolute atomic E-state index is 0.0900. The average molecular weight is 386 g/mol. The van der Waals surface area contributed by atoms with Crippen molar-refractivity contribution in [3.8, 4) is 0 Å². The Balaban J connectivity index is 2.34. The number of hydrogen-bond donors (Lipinski definition) is 0. The van der Waals surface area contributed by atoms with Crippen LogP contribution < -0.4 is 0 Å². The highest BCUT2D eigenvalue weighted by Crippen LogP contribution is 2.52. The van der Waals surface area contributed by atoms with Crippen LogP contribution in [0.4, 0.5) is 4.39 Å². The van der Waals surface area contributed by atoms with Crippen LogP contribution in [0.25, 0.3) is 10.1 Å². The topological polar surface area (TPSA) is 61.8 Å². The van der Waals surface area contributed by atoms with Gasteiger partial charge in [-0.3, -0.25) is 4.57 Å². The van der Waals surface area contributed by atoms with E-state index in [0.29, 0.717) is 9.58 Å². The number of esters is 1. The molecule has 0 unspecified atom stereocenters. The number of carbonyl (C=O) groups is 1. The Kier molecular flexibility index (Phi) is 6.90. The number of thiophene rings is 1. The summed E-state index contributed by atoms with van der Waals surface area (Å²) in [6.07, 6.45) is 1.30. The summed E-state index contributed by atoms with van der Waals surface area (Å²) in [4.78, 5) is 12.2. The van der Waals surface area contributed by atoms with Crippen molar-refractivity contribution in [2.75, 3.05) is 19.8 Å². The third-order valence-electron chi connectivity index (χ3n) is 3.26. The quantitative estimate of drug-likeness (QED) is 0.339. The van der Waals surface area contributed by atoms with Crippen molar-refractivity contribution in [1.82, 2.24) is 0 Å². The fraction of sp³-hybridized carbons (Fsp3) is 0.353. The number of benzene rings is 1. The van der Waals surface area contributed by atoms with E-state index in [0.717, 1.165) is 11.3 Å². The molecular weight excluding hydrogens is 366 g/mol. The van der Waals surface area contributed by atoms with Crippen LogP contribution in [0.1, 0.15) is 29.1 Å². The molecule has 1 aromatic heterocycles. The smallest absolute Gasteiger partial charge is 0.348 e. The second-order valence-electron chi connectivity index (χ2n) is 5.05. The molecule has 0 spiro atoms. The van der Waals surface area contributed by atoms with Crippen molar-refractivity contribution < 1.29 is 27.5 Å². The van der Waals surface area contributed by atoms with Crippen molar-refractivity contribution in [3.05, 3.63) is 47.1 Å². The van der Waals surface area contributed by atoms with Crippen molar-refractivity contribution in [3.63, 3.8) is 0 Å². The summed E-state index contributed by atoms with van der Waals surface area (Å²) >= 11 is 1.14. The zero-order chi connectivity index (χ0) is 18.4. The van der Waals surface area contributed by atoms with Gasteiger partial charge in [-0.1, -0.05) is 18.7 Å². The standard InChI is InChI=1S/C17H20FO5PS/c1-4-9-21-17(19)15-10-13-14(25-15)8-7-12(16(13)18)11-24(20,22-5-2)23-6-3/h4,7-8,10H,1,5-6,9,11H2,2-3H3. The summed E-state index contributed by atoms with van der Waals surface area (Å²) in [6.45, 7) is 7.38. The molecule has 0 aliphatic carbocycles. The minimum atomic E-state index is -3.41. The van der Waals surface area contributed by atoms with Crippen molar-refractivity contribution in [2.24, 2.45) is 0 Å². The maximum atomic E-state index is 14.8. The number of halogens is 1. The van der Waals surface area contributed by atoms with Crippen molar-refractivity contribution >= 4 is 35.0 Å². The predicted octanol–water partition coefficient (Wildman–Crippen LogP) is 5.15. The van der Waals surface area contributed by atoms with Crippen LogP contribution in [0.5, 0.6) is 0 Å². The van der Waals surface area contributed by atoms with E-state index in [4.69, 9.17) is 13.8 Å². The summed E-state index contributed by atoms with van der Waals surface area (Å²) < 4.78 is 43.4. The van der Waals surface area contributed by atoms with E-state index < -0.39 is 19.4 Å². The molecular formula is C17H20FO5PS. The Morgan fingerprint density at radius 2 is 2.00 bits per heavy atom. The molecule has 0 saturated carbocycles. The van der Waals surface area contributed by atoms with Gasteiger partial charge in [-0.05, 0) is 26.0 Å². The first-order valence-corrected chi connectivity index (χ1v) is 10.4. The van der Waals surface area contributed by atoms with Gasteiger partial charge in [0, 0.05) is 15.6 Å². The van der Waals surface area contributed by atoms with Crippen molar-refractivity contribution in [2.45, 2.75) is 20.0 Å². The number of carbonyl (C=O) groups excluding carboxylic acids is 1. The molecule has 1 aromatic carbocycles. The molecule has 2 rings (SSSR count). The van der Waals surface area contributed by atoms with Gasteiger partial charge in [0.15, 0.2) is 0 Å². The van der Waals surface area contributed by atoms with Gasteiger partial charge in [0.25, 0.3) is 0 Å². The third kappa shape index (κ3) is 4.76. The van der Waals surface area contributed by atoms with Gasteiger partial charge in [0.05, 0.1) is 19.4 Å². The van der Waals surface area contributed by atoms with E-state index in [9.17, 15) is 13.8 Å². The molecule has 136 valence electrons. The molecule has 1 heterocycles. The summed E-state index contributed by atoms with van der Waals surface area (Å²) in [5.41, 5.74) is 0.224. The van der Waals surface area contributed by atoms with Crippen molar-refractivity contribution in [1.29, 1.82) is 0 Å². The lowest BCUT2D eigenvalue weighted by atomic mass is 10.1. The molecule has 0 N–H and O–H groups in total. The maximum absolute atomic E-state index is 14.8. The lowest BCUT2D eigenvalue weighted by Crippen LogP contribution is -2.02.